The maximum absolute atomic E-state index is 15.4. The fourth-order valence-electron chi connectivity index (χ4n) is 8.92. The first-order valence-corrected chi connectivity index (χ1v) is 18.0. The normalized spacial score (nSPS) is 31.4. The molecule has 10 nitrogen and oxygen atoms in total. The third-order valence-electron chi connectivity index (χ3n) is 10.7. The van der Waals surface area contributed by atoms with Crippen LogP contribution in [0.5, 0.6) is 0 Å². The number of hydrogen-bond acceptors (Lipinski definition) is 7. The van der Waals surface area contributed by atoms with E-state index in [1.165, 1.54) is 4.90 Å². The summed E-state index contributed by atoms with van der Waals surface area (Å²) >= 11 is 0. The van der Waals surface area contributed by atoms with Crippen LogP contribution in [0.4, 0.5) is 0 Å². The van der Waals surface area contributed by atoms with Crippen LogP contribution >= 0.6 is 0 Å². The van der Waals surface area contributed by atoms with Gasteiger partial charge in [-0.25, -0.2) is 0 Å². The molecule has 0 radical (unpaired) electrons. The van der Waals surface area contributed by atoms with Crippen molar-refractivity contribution in [3.8, 4) is 0 Å². The zero-order chi connectivity index (χ0) is 36.7. The number of hydrogen-bond donors (Lipinski definition) is 2. The van der Waals surface area contributed by atoms with Crippen LogP contribution in [0.2, 0.25) is 0 Å². The molecule has 0 saturated carbocycles. The highest BCUT2D eigenvalue weighted by Crippen LogP contribution is 2.57. The van der Waals surface area contributed by atoms with Gasteiger partial charge in [-0.3, -0.25) is 19.2 Å². The summed E-state index contributed by atoms with van der Waals surface area (Å²) in [5.41, 5.74) is -0.940. The van der Waals surface area contributed by atoms with Gasteiger partial charge in [-0.1, -0.05) is 106 Å². The number of carbonyl (C=O) groups is 4. The molecule has 6 rings (SSSR count). The molecule has 4 heterocycles. The average Bonchev–Trinajstić information content (AvgIpc) is 3.72. The Morgan fingerprint density at radius 2 is 1.61 bits per heavy atom. The Morgan fingerprint density at radius 1 is 0.941 bits per heavy atom. The number of carbonyl (C=O) groups excluding carboxylic acids is 4. The number of nitrogens with zero attached hydrogens (tertiary/aromatic N) is 2. The van der Waals surface area contributed by atoms with Gasteiger partial charge in [0.2, 0.25) is 17.7 Å². The van der Waals surface area contributed by atoms with E-state index in [2.05, 4.69) is 26.1 Å². The monoisotopic (exact) mass is 697 g/mol. The smallest absolute Gasteiger partial charge is 0.313 e. The Morgan fingerprint density at radius 3 is 2.25 bits per heavy atom. The van der Waals surface area contributed by atoms with Gasteiger partial charge in [-0.15, -0.1) is 0 Å². The number of allylic oxidation sites excluding steroid dienone is 1. The van der Waals surface area contributed by atoms with Gasteiger partial charge in [0.05, 0.1) is 30.7 Å². The average molecular weight is 698 g/mol. The fraction of sp³-hybridized carbons (Fsp3) is 0.512. The molecule has 4 aliphatic rings. The second kappa shape index (κ2) is 14.0. The number of fused-ring (bicyclic) bond motifs is 2. The lowest BCUT2D eigenvalue weighted by Crippen LogP contribution is -2.61. The summed E-state index contributed by atoms with van der Waals surface area (Å²) in [5.74, 6) is -3.76. The number of benzene rings is 2. The van der Waals surface area contributed by atoms with E-state index in [9.17, 15) is 19.5 Å². The second-order valence-electron chi connectivity index (χ2n) is 16.2. The molecule has 4 aliphatic heterocycles. The van der Waals surface area contributed by atoms with E-state index in [4.69, 9.17) is 9.47 Å². The van der Waals surface area contributed by atoms with E-state index in [0.717, 1.165) is 0 Å². The Bertz CT molecular complexity index is 1680. The number of amides is 3. The van der Waals surface area contributed by atoms with E-state index in [0.29, 0.717) is 24.0 Å². The van der Waals surface area contributed by atoms with Crippen LogP contribution in [0.15, 0.2) is 85.0 Å². The van der Waals surface area contributed by atoms with Crippen molar-refractivity contribution in [2.75, 3.05) is 13.2 Å². The molecule has 2 saturated heterocycles. The summed E-state index contributed by atoms with van der Waals surface area (Å²) < 4.78 is 13.0. The molecule has 8 atom stereocenters. The minimum atomic E-state index is -1.47. The Kier molecular flexibility index (Phi) is 10.0. The van der Waals surface area contributed by atoms with Gasteiger partial charge in [0, 0.05) is 18.5 Å². The topological polar surface area (TPSA) is 125 Å². The Hall–Kier alpha value is -4.28. The third-order valence-corrected chi connectivity index (χ3v) is 10.7. The molecule has 2 aromatic carbocycles. The van der Waals surface area contributed by atoms with E-state index in [1.54, 1.807) is 24.0 Å². The SMILES string of the molecule is C[C@H]1NC(=O)CC/C=C\CN(C(C)(C)CC(C)(C)C)C(=O)[C@@H]2N([C@H](CO)c3ccccc3)C(=O)[C@H]3[C@H](C(=O)O[C@@H]1c1ccccc1)[C@@H]1C=C[C@]23O1. The second-order valence-corrected chi connectivity index (χ2v) is 16.2. The van der Waals surface area contributed by atoms with Crippen LogP contribution < -0.4 is 5.32 Å². The van der Waals surface area contributed by atoms with Crippen molar-refractivity contribution in [1.29, 1.82) is 0 Å². The van der Waals surface area contributed by atoms with Crippen LogP contribution in [0.25, 0.3) is 0 Å². The summed E-state index contributed by atoms with van der Waals surface area (Å²) in [7, 11) is 0. The zero-order valence-electron chi connectivity index (χ0n) is 30.5. The van der Waals surface area contributed by atoms with Crippen LogP contribution in [0.3, 0.4) is 0 Å². The van der Waals surface area contributed by atoms with Crippen LogP contribution in [0.1, 0.15) is 84.1 Å². The highest BCUT2D eigenvalue weighted by atomic mass is 16.6. The lowest BCUT2D eigenvalue weighted by molar-refractivity contribution is -0.162. The standard InChI is InChI=1S/C41H51N3O7/c1-26-34(28-18-12-8-13-19-28)50-38(49)32-30-21-22-41(51-30)33(32)36(47)44(29(24-45)27-16-10-7-11-17-27)35(41)37(48)43(40(5,6)25-39(2,3)4)23-15-9-14-20-31(46)42-26/h7-13,15-19,21-22,26,29-30,32-35,45H,14,20,23-25H2,1-6H3,(H,42,46)/b15-9-/t26-,29-,30+,32-,33-,34+,35+,41-/m1/s1. The van der Waals surface area contributed by atoms with Crippen molar-refractivity contribution in [2.45, 2.75) is 102 Å². The van der Waals surface area contributed by atoms with E-state index < -0.39 is 71.8 Å². The van der Waals surface area contributed by atoms with Gasteiger partial charge in [0.1, 0.15) is 23.7 Å². The molecule has 0 aromatic heterocycles. The zero-order valence-corrected chi connectivity index (χ0v) is 30.5. The number of nitrogens with one attached hydrogen (secondary N) is 1. The van der Waals surface area contributed by atoms with Crippen molar-refractivity contribution >= 4 is 23.7 Å². The van der Waals surface area contributed by atoms with Crippen LogP contribution in [-0.2, 0) is 28.7 Å². The third kappa shape index (κ3) is 6.88. The summed E-state index contributed by atoms with van der Waals surface area (Å²) in [6.07, 6.45) is 6.99. The number of aliphatic hydroxyl groups is 1. The first-order valence-electron chi connectivity index (χ1n) is 18.0. The highest BCUT2D eigenvalue weighted by molar-refractivity contribution is 5.99. The number of cyclic esters (lactones) is 1. The van der Waals surface area contributed by atoms with Gasteiger partial charge < -0.3 is 29.7 Å². The molecule has 3 amide bonds. The maximum atomic E-state index is 15.4. The summed E-state index contributed by atoms with van der Waals surface area (Å²) in [6.45, 7) is 12.0. The Labute approximate surface area is 300 Å². The molecule has 272 valence electrons. The minimum absolute atomic E-state index is 0.147. The number of aliphatic hydroxyl groups excluding tert-OH is 1. The first-order chi connectivity index (χ1) is 24.2. The van der Waals surface area contributed by atoms with Gasteiger partial charge >= 0.3 is 5.97 Å². The van der Waals surface area contributed by atoms with Crippen molar-refractivity contribution in [3.63, 3.8) is 0 Å². The predicted molar refractivity (Wildman–Crippen MR) is 192 cm³/mol. The fourth-order valence-corrected chi connectivity index (χ4v) is 8.92. The van der Waals surface area contributed by atoms with Crippen molar-refractivity contribution in [3.05, 3.63) is 96.1 Å². The van der Waals surface area contributed by atoms with Gasteiger partial charge in [-0.2, -0.15) is 0 Å². The summed E-state index contributed by atoms with van der Waals surface area (Å²) in [4.78, 5) is 61.2. The van der Waals surface area contributed by atoms with Gasteiger partial charge in [-0.05, 0) is 50.2 Å². The maximum Gasteiger partial charge on any atom is 0.313 e. The number of esters is 1. The molecular weight excluding hydrogens is 646 g/mol. The van der Waals surface area contributed by atoms with Crippen molar-refractivity contribution < 1.29 is 33.8 Å². The number of rotatable bonds is 6. The molecule has 2 fully saturated rings. The van der Waals surface area contributed by atoms with Crippen LogP contribution in [-0.4, -0.2) is 81.1 Å². The molecule has 1 spiro atoms. The number of ether oxygens (including phenoxy) is 2. The molecule has 0 unspecified atom stereocenters. The minimum Gasteiger partial charge on any atom is -0.455 e. The van der Waals surface area contributed by atoms with E-state index in [-0.39, 0.29) is 30.2 Å². The molecule has 5 bridgehead atoms. The lowest BCUT2D eigenvalue weighted by Gasteiger charge is -2.46. The van der Waals surface area contributed by atoms with Gasteiger partial charge in [0.15, 0.2) is 0 Å². The molecule has 2 aromatic rings. The lowest BCUT2D eigenvalue weighted by atomic mass is 9.74. The largest absolute Gasteiger partial charge is 0.455 e. The highest BCUT2D eigenvalue weighted by Gasteiger charge is 2.74. The van der Waals surface area contributed by atoms with Crippen LogP contribution in [0, 0.1) is 17.3 Å². The molecule has 10 heteroatoms. The molecule has 51 heavy (non-hydrogen) atoms. The summed E-state index contributed by atoms with van der Waals surface area (Å²) in [6, 6.07) is 15.7. The van der Waals surface area contributed by atoms with Gasteiger partial charge in [0.25, 0.3) is 0 Å². The number of likely N-dealkylation sites (tertiary alicyclic amines) is 1. The quantitative estimate of drug-likeness (QED) is 0.320. The van der Waals surface area contributed by atoms with Crippen molar-refractivity contribution in [1.82, 2.24) is 15.1 Å². The first kappa shape index (κ1) is 36.5. The summed E-state index contributed by atoms with van der Waals surface area (Å²) in [5, 5.41) is 13.9. The van der Waals surface area contributed by atoms with E-state index >= 15 is 4.79 Å². The molecule has 2 N–H and O–H groups in total. The molecular formula is C41H51N3O7. The molecule has 0 aliphatic carbocycles. The van der Waals surface area contributed by atoms with Crippen molar-refractivity contribution in [2.24, 2.45) is 17.3 Å². The van der Waals surface area contributed by atoms with E-state index in [1.807, 2.05) is 86.7 Å². The Balaban J connectivity index is 1.50. The predicted octanol–water partition coefficient (Wildman–Crippen LogP) is 5.05.